The van der Waals surface area contributed by atoms with E-state index in [1.165, 1.54) is 0 Å². The van der Waals surface area contributed by atoms with Crippen LogP contribution in [0.4, 0.5) is 0 Å². The Morgan fingerprint density at radius 1 is 0.613 bits per heavy atom. The van der Waals surface area contributed by atoms with Gasteiger partial charge in [-0.1, -0.05) is 18.2 Å². The molecule has 0 amide bonds. The van der Waals surface area contributed by atoms with Crippen molar-refractivity contribution in [2.24, 2.45) is 0 Å². The molecule has 0 aliphatic carbocycles. The lowest BCUT2D eigenvalue weighted by atomic mass is 10.2. The second-order valence-electron chi connectivity index (χ2n) is 6.28. The minimum absolute atomic E-state index is 0.215. The molecule has 31 heavy (non-hydrogen) atoms. The maximum Gasteiger partial charge on any atom is 0.338 e. The van der Waals surface area contributed by atoms with Crippen LogP contribution in [0.3, 0.4) is 0 Å². The largest absolute Gasteiger partial charge is 0.460 e. The van der Waals surface area contributed by atoms with Gasteiger partial charge in [-0.15, -0.1) is 0 Å². The maximum absolute atomic E-state index is 11.7. The van der Waals surface area contributed by atoms with Crippen LogP contribution in [0, 0.1) is 0 Å². The molecule has 0 bridgehead atoms. The SMILES string of the molecule is CNCCOCCOCCOCCOCCOCCOCCOC(=O)c1ccccc1. The zero-order chi connectivity index (χ0) is 22.2. The van der Waals surface area contributed by atoms with Gasteiger partial charge in [0.25, 0.3) is 0 Å². The van der Waals surface area contributed by atoms with Crippen LogP contribution in [-0.4, -0.2) is 105 Å². The molecule has 0 aromatic heterocycles. The van der Waals surface area contributed by atoms with E-state index in [9.17, 15) is 4.79 Å². The van der Waals surface area contributed by atoms with Gasteiger partial charge in [0.2, 0.25) is 0 Å². The smallest absolute Gasteiger partial charge is 0.338 e. The number of carbonyl (C=O) groups is 1. The molecule has 0 aliphatic heterocycles. The van der Waals surface area contributed by atoms with Crippen molar-refractivity contribution < 1.29 is 38.0 Å². The van der Waals surface area contributed by atoms with Crippen LogP contribution >= 0.6 is 0 Å². The summed E-state index contributed by atoms with van der Waals surface area (Å²) < 4.78 is 37.4. The van der Waals surface area contributed by atoms with E-state index in [1.54, 1.807) is 24.3 Å². The number of rotatable bonds is 22. The molecule has 1 rings (SSSR count). The van der Waals surface area contributed by atoms with E-state index in [0.717, 1.165) is 6.54 Å². The molecule has 0 atom stereocenters. The monoisotopic (exact) mass is 443 g/mol. The van der Waals surface area contributed by atoms with Crippen LogP contribution in [0.5, 0.6) is 0 Å². The van der Waals surface area contributed by atoms with Gasteiger partial charge in [-0.25, -0.2) is 4.79 Å². The minimum atomic E-state index is -0.348. The molecule has 178 valence electrons. The Balaban J connectivity index is 1.70. The molecule has 1 aromatic carbocycles. The van der Waals surface area contributed by atoms with Gasteiger partial charge in [-0.3, -0.25) is 0 Å². The number of hydrogen-bond acceptors (Lipinski definition) is 9. The Labute approximate surface area is 185 Å². The van der Waals surface area contributed by atoms with E-state index in [1.807, 2.05) is 13.1 Å². The highest BCUT2D eigenvalue weighted by atomic mass is 16.6. The molecular formula is C22H37NO8. The number of likely N-dealkylation sites (N-methyl/N-ethyl adjacent to an activating group) is 1. The number of carbonyl (C=O) groups excluding carboxylic acids is 1. The van der Waals surface area contributed by atoms with Gasteiger partial charge in [-0.05, 0) is 19.2 Å². The van der Waals surface area contributed by atoms with Gasteiger partial charge >= 0.3 is 5.97 Å². The van der Waals surface area contributed by atoms with Gasteiger partial charge in [-0.2, -0.15) is 0 Å². The first kappa shape index (κ1) is 27.4. The zero-order valence-electron chi connectivity index (χ0n) is 18.6. The van der Waals surface area contributed by atoms with Crippen molar-refractivity contribution in [3.8, 4) is 0 Å². The second-order valence-corrected chi connectivity index (χ2v) is 6.28. The standard InChI is InChI=1S/C22H37NO8/c1-23-7-8-25-9-10-26-11-12-27-13-14-28-15-16-29-17-18-30-19-20-31-22(24)21-5-3-2-4-6-21/h2-6,23H,7-20H2,1H3. The zero-order valence-corrected chi connectivity index (χ0v) is 18.6. The molecular weight excluding hydrogens is 406 g/mol. The van der Waals surface area contributed by atoms with Crippen LogP contribution in [0.15, 0.2) is 30.3 Å². The molecule has 0 saturated heterocycles. The minimum Gasteiger partial charge on any atom is -0.460 e. The first-order valence-corrected chi connectivity index (χ1v) is 10.7. The highest BCUT2D eigenvalue weighted by Crippen LogP contribution is 2.00. The molecule has 0 spiro atoms. The third-order valence-electron chi connectivity index (χ3n) is 3.83. The Hall–Kier alpha value is -1.59. The lowest BCUT2D eigenvalue weighted by Gasteiger charge is -2.08. The van der Waals surface area contributed by atoms with Gasteiger partial charge < -0.3 is 38.5 Å². The molecule has 9 heteroatoms. The number of benzene rings is 1. The molecule has 1 N–H and O–H groups in total. The Kier molecular flexibility index (Phi) is 19.2. The van der Waals surface area contributed by atoms with Gasteiger partial charge in [0, 0.05) is 6.54 Å². The Morgan fingerprint density at radius 2 is 1.00 bits per heavy atom. The van der Waals surface area contributed by atoms with Crippen molar-refractivity contribution in [1.29, 1.82) is 0 Å². The molecule has 0 radical (unpaired) electrons. The normalized spacial score (nSPS) is 11.0. The van der Waals surface area contributed by atoms with Crippen molar-refractivity contribution in [3.63, 3.8) is 0 Å². The average Bonchev–Trinajstić information content (AvgIpc) is 2.80. The summed E-state index contributed by atoms with van der Waals surface area (Å²) >= 11 is 0. The van der Waals surface area contributed by atoms with Gasteiger partial charge in [0.15, 0.2) is 0 Å². The van der Waals surface area contributed by atoms with E-state index in [-0.39, 0.29) is 12.6 Å². The van der Waals surface area contributed by atoms with Crippen LogP contribution in [0.2, 0.25) is 0 Å². The highest BCUT2D eigenvalue weighted by Gasteiger charge is 2.04. The number of ether oxygens (including phenoxy) is 7. The van der Waals surface area contributed by atoms with Crippen molar-refractivity contribution in [2.75, 3.05) is 99.5 Å². The van der Waals surface area contributed by atoms with Crippen LogP contribution in [-0.2, 0) is 33.2 Å². The van der Waals surface area contributed by atoms with E-state index < -0.39 is 0 Å². The maximum atomic E-state index is 11.7. The molecule has 0 fully saturated rings. The van der Waals surface area contributed by atoms with E-state index in [0.29, 0.717) is 84.8 Å². The second kappa shape index (κ2) is 21.6. The average molecular weight is 444 g/mol. The summed E-state index contributed by atoms with van der Waals surface area (Å²) in [6.07, 6.45) is 0. The highest BCUT2D eigenvalue weighted by molar-refractivity contribution is 5.89. The van der Waals surface area contributed by atoms with Crippen LogP contribution in [0.25, 0.3) is 0 Å². The summed E-state index contributed by atoms with van der Waals surface area (Å²) in [5.41, 5.74) is 0.533. The third kappa shape index (κ3) is 17.8. The van der Waals surface area contributed by atoms with Crippen molar-refractivity contribution in [3.05, 3.63) is 35.9 Å². The fourth-order valence-corrected chi connectivity index (χ4v) is 2.23. The molecule has 0 saturated carbocycles. The Bertz CT molecular complexity index is 517. The first-order valence-electron chi connectivity index (χ1n) is 10.7. The summed E-state index contributed by atoms with van der Waals surface area (Å²) in [7, 11) is 1.89. The summed E-state index contributed by atoms with van der Waals surface area (Å²) in [4.78, 5) is 11.7. The van der Waals surface area contributed by atoms with E-state index in [2.05, 4.69) is 5.32 Å². The summed E-state index contributed by atoms with van der Waals surface area (Å²) in [6, 6.07) is 8.87. The van der Waals surface area contributed by atoms with Crippen molar-refractivity contribution >= 4 is 5.97 Å². The molecule has 0 unspecified atom stereocenters. The first-order chi connectivity index (χ1) is 15.3. The lowest BCUT2D eigenvalue weighted by molar-refractivity contribution is -0.0192. The molecule has 0 aliphatic rings. The van der Waals surface area contributed by atoms with Crippen molar-refractivity contribution in [2.45, 2.75) is 0 Å². The fraction of sp³-hybridized carbons (Fsp3) is 0.682. The van der Waals surface area contributed by atoms with E-state index in [4.69, 9.17) is 33.2 Å². The number of esters is 1. The van der Waals surface area contributed by atoms with Gasteiger partial charge in [0.05, 0.1) is 84.8 Å². The molecule has 0 heterocycles. The molecule has 9 nitrogen and oxygen atoms in total. The summed E-state index contributed by atoms with van der Waals surface area (Å²) in [5.74, 6) is -0.348. The fourth-order valence-electron chi connectivity index (χ4n) is 2.23. The van der Waals surface area contributed by atoms with Gasteiger partial charge in [0.1, 0.15) is 6.61 Å². The van der Waals surface area contributed by atoms with E-state index >= 15 is 0 Å². The summed E-state index contributed by atoms with van der Waals surface area (Å²) in [5, 5.41) is 3.01. The van der Waals surface area contributed by atoms with Crippen LogP contribution < -0.4 is 5.32 Å². The lowest BCUT2D eigenvalue weighted by Crippen LogP contribution is -2.17. The third-order valence-corrected chi connectivity index (χ3v) is 3.83. The van der Waals surface area contributed by atoms with Crippen LogP contribution in [0.1, 0.15) is 10.4 Å². The quantitative estimate of drug-likeness (QED) is 0.209. The predicted molar refractivity (Wildman–Crippen MR) is 116 cm³/mol. The predicted octanol–water partition coefficient (Wildman–Crippen LogP) is 1.16. The van der Waals surface area contributed by atoms with Crippen molar-refractivity contribution in [1.82, 2.24) is 5.32 Å². The number of hydrogen-bond donors (Lipinski definition) is 1. The topological polar surface area (TPSA) is 93.7 Å². The Morgan fingerprint density at radius 3 is 1.42 bits per heavy atom. The molecule has 1 aromatic rings. The number of nitrogens with one attached hydrogen (secondary N) is 1. The summed E-state index contributed by atoms with van der Waals surface area (Å²) in [6.45, 7) is 7.25.